The minimum Gasteiger partial charge on any atom is -0.497 e. The normalized spacial score (nSPS) is 11.8. The number of hydrogen-bond donors (Lipinski definition) is 2. The Balaban J connectivity index is 1.34. The molecule has 4 rings (SSSR count). The third kappa shape index (κ3) is 4.57. The zero-order valence-corrected chi connectivity index (χ0v) is 16.0. The Morgan fingerprint density at radius 1 is 1.00 bits per heavy atom. The number of carbonyl (C=O) groups is 1. The van der Waals surface area contributed by atoms with E-state index in [0.29, 0.717) is 18.8 Å². The lowest BCUT2D eigenvalue weighted by molar-refractivity contribution is 0.0946. The number of ether oxygens (including phenoxy) is 3. The molecule has 0 saturated carbocycles. The average Bonchev–Trinajstić information content (AvgIpc) is 3.24. The quantitative estimate of drug-likeness (QED) is 0.643. The van der Waals surface area contributed by atoms with Gasteiger partial charge in [-0.15, -0.1) is 0 Å². The summed E-state index contributed by atoms with van der Waals surface area (Å²) in [5.74, 6) is 2.06. The number of rotatable bonds is 7. The van der Waals surface area contributed by atoms with Crippen molar-refractivity contribution in [2.45, 2.75) is 13.1 Å². The number of methoxy groups -OCH3 is 1. The number of amides is 1. The highest BCUT2D eigenvalue weighted by Crippen LogP contribution is 2.32. The fourth-order valence-electron chi connectivity index (χ4n) is 2.94. The Morgan fingerprint density at radius 2 is 1.79 bits per heavy atom. The van der Waals surface area contributed by atoms with E-state index in [4.69, 9.17) is 14.2 Å². The van der Waals surface area contributed by atoms with Crippen LogP contribution in [0.1, 0.15) is 21.6 Å². The fraction of sp³-hybridized carbons (Fsp3) is 0.182. The predicted octanol–water partition coefficient (Wildman–Crippen LogP) is 3.36. The lowest BCUT2D eigenvalue weighted by atomic mass is 10.2. The molecule has 1 aromatic heterocycles. The Labute approximate surface area is 168 Å². The maximum absolute atomic E-state index is 12.4. The summed E-state index contributed by atoms with van der Waals surface area (Å²) < 4.78 is 15.9. The third-order valence-electron chi connectivity index (χ3n) is 4.54. The third-order valence-corrected chi connectivity index (χ3v) is 4.54. The second-order valence-corrected chi connectivity index (χ2v) is 6.50. The summed E-state index contributed by atoms with van der Waals surface area (Å²) in [4.78, 5) is 16.6. The van der Waals surface area contributed by atoms with Crippen LogP contribution in [0.25, 0.3) is 0 Å². The number of pyridine rings is 1. The molecule has 1 aliphatic heterocycles. The molecular formula is C22H21N3O4. The summed E-state index contributed by atoms with van der Waals surface area (Å²) in [5.41, 5.74) is 3.20. The number of anilines is 1. The monoisotopic (exact) mass is 391 g/mol. The second-order valence-electron chi connectivity index (χ2n) is 6.50. The van der Waals surface area contributed by atoms with Gasteiger partial charge in [0.1, 0.15) is 11.4 Å². The summed E-state index contributed by atoms with van der Waals surface area (Å²) in [6.45, 7) is 1.26. The summed E-state index contributed by atoms with van der Waals surface area (Å²) in [5, 5.41) is 6.19. The Morgan fingerprint density at radius 3 is 2.62 bits per heavy atom. The molecule has 3 aromatic rings. The van der Waals surface area contributed by atoms with Crippen LogP contribution in [-0.2, 0) is 13.1 Å². The minimum atomic E-state index is -0.229. The lowest BCUT2D eigenvalue weighted by Gasteiger charge is -2.09. The van der Waals surface area contributed by atoms with Crippen LogP contribution in [0.4, 0.5) is 5.69 Å². The number of carbonyl (C=O) groups excluding carboxylic acids is 1. The van der Waals surface area contributed by atoms with Crippen molar-refractivity contribution in [3.05, 3.63) is 77.6 Å². The van der Waals surface area contributed by atoms with Crippen molar-refractivity contribution < 1.29 is 19.0 Å². The van der Waals surface area contributed by atoms with Gasteiger partial charge in [-0.05, 0) is 47.5 Å². The van der Waals surface area contributed by atoms with Crippen molar-refractivity contribution in [3.8, 4) is 17.2 Å². The van der Waals surface area contributed by atoms with Gasteiger partial charge in [0.25, 0.3) is 5.91 Å². The number of nitrogens with zero attached hydrogens (tertiary/aromatic N) is 1. The molecule has 7 heteroatoms. The number of nitrogens with one attached hydrogen (secondary N) is 2. The van der Waals surface area contributed by atoms with Crippen molar-refractivity contribution in [1.82, 2.24) is 10.3 Å². The summed E-state index contributed by atoms with van der Waals surface area (Å²) in [6, 6.07) is 16.9. The van der Waals surface area contributed by atoms with Crippen LogP contribution in [0, 0.1) is 0 Å². The molecule has 148 valence electrons. The summed E-state index contributed by atoms with van der Waals surface area (Å²) >= 11 is 0. The molecule has 0 radical (unpaired) electrons. The van der Waals surface area contributed by atoms with E-state index in [-0.39, 0.29) is 12.7 Å². The molecule has 2 N–H and O–H groups in total. The average molecular weight is 391 g/mol. The van der Waals surface area contributed by atoms with E-state index in [9.17, 15) is 4.79 Å². The van der Waals surface area contributed by atoms with Crippen molar-refractivity contribution in [2.24, 2.45) is 0 Å². The highest BCUT2D eigenvalue weighted by molar-refractivity contribution is 5.93. The molecule has 0 spiro atoms. The van der Waals surface area contributed by atoms with Gasteiger partial charge in [-0.25, -0.2) is 0 Å². The van der Waals surface area contributed by atoms with Crippen molar-refractivity contribution in [2.75, 3.05) is 19.2 Å². The highest BCUT2D eigenvalue weighted by atomic mass is 16.7. The van der Waals surface area contributed by atoms with Gasteiger partial charge in [0.15, 0.2) is 11.5 Å². The van der Waals surface area contributed by atoms with Gasteiger partial charge in [0.2, 0.25) is 6.79 Å². The first-order chi connectivity index (χ1) is 14.2. The molecule has 1 aliphatic rings. The van der Waals surface area contributed by atoms with Gasteiger partial charge in [-0.3, -0.25) is 9.78 Å². The van der Waals surface area contributed by atoms with Gasteiger partial charge < -0.3 is 24.8 Å². The molecule has 2 heterocycles. The smallest absolute Gasteiger partial charge is 0.270 e. The number of fused-ring (bicyclic) bond motifs is 1. The molecule has 0 aliphatic carbocycles. The molecular weight excluding hydrogens is 370 g/mol. The zero-order valence-electron chi connectivity index (χ0n) is 16.0. The van der Waals surface area contributed by atoms with E-state index in [0.717, 1.165) is 34.1 Å². The van der Waals surface area contributed by atoms with Crippen LogP contribution in [0.15, 0.2) is 60.8 Å². The predicted molar refractivity (Wildman–Crippen MR) is 108 cm³/mol. The van der Waals surface area contributed by atoms with Gasteiger partial charge in [-0.1, -0.05) is 18.2 Å². The molecule has 29 heavy (non-hydrogen) atoms. The fourth-order valence-corrected chi connectivity index (χ4v) is 2.94. The van der Waals surface area contributed by atoms with E-state index in [1.165, 1.54) is 0 Å². The SMILES string of the molecule is COc1ccc(CNC(=O)c2cc(NCc3ccc4c(c3)OCO4)ccn2)cc1. The van der Waals surface area contributed by atoms with Crippen LogP contribution < -0.4 is 24.8 Å². The Bertz CT molecular complexity index is 1010. The molecule has 0 unspecified atom stereocenters. The van der Waals surface area contributed by atoms with E-state index >= 15 is 0 Å². The molecule has 1 amide bonds. The second kappa shape index (κ2) is 8.52. The van der Waals surface area contributed by atoms with Gasteiger partial charge >= 0.3 is 0 Å². The Kier molecular flexibility index (Phi) is 5.47. The highest BCUT2D eigenvalue weighted by Gasteiger charge is 2.13. The van der Waals surface area contributed by atoms with Gasteiger partial charge in [0, 0.05) is 25.0 Å². The van der Waals surface area contributed by atoms with Gasteiger partial charge in [-0.2, -0.15) is 0 Å². The number of hydrogen-bond acceptors (Lipinski definition) is 6. The molecule has 2 aromatic carbocycles. The maximum atomic E-state index is 12.4. The van der Waals surface area contributed by atoms with Gasteiger partial charge in [0.05, 0.1) is 7.11 Å². The van der Waals surface area contributed by atoms with Crippen molar-refractivity contribution >= 4 is 11.6 Å². The summed E-state index contributed by atoms with van der Waals surface area (Å²) in [6.07, 6.45) is 1.62. The van der Waals surface area contributed by atoms with Crippen LogP contribution >= 0.6 is 0 Å². The molecule has 0 fully saturated rings. The largest absolute Gasteiger partial charge is 0.497 e. The van der Waals surface area contributed by atoms with E-state index in [1.54, 1.807) is 19.4 Å². The van der Waals surface area contributed by atoms with E-state index in [2.05, 4.69) is 15.6 Å². The first-order valence-corrected chi connectivity index (χ1v) is 9.21. The lowest BCUT2D eigenvalue weighted by Crippen LogP contribution is -2.23. The molecule has 0 saturated heterocycles. The minimum absolute atomic E-state index is 0.229. The topological polar surface area (TPSA) is 81.7 Å². The first kappa shape index (κ1) is 18.6. The van der Waals surface area contributed by atoms with Crippen molar-refractivity contribution in [3.63, 3.8) is 0 Å². The standard InChI is InChI=1S/C22H21N3O4/c1-27-18-5-2-15(3-6-18)12-25-22(26)19-11-17(8-9-23-19)24-13-16-4-7-20-21(10-16)29-14-28-20/h2-11H,12-14H2,1H3,(H,23,24)(H,25,26). The number of aromatic nitrogens is 1. The van der Waals surface area contributed by atoms with Crippen molar-refractivity contribution in [1.29, 1.82) is 0 Å². The summed E-state index contributed by atoms with van der Waals surface area (Å²) in [7, 11) is 1.62. The molecule has 0 atom stereocenters. The van der Waals surface area contributed by atoms with Crippen LogP contribution in [0.2, 0.25) is 0 Å². The zero-order chi connectivity index (χ0) is 20.1. The first-order valence-electron chi connectivity index (χ1n) is 9.21. The molecule has 0 bridgehead atoms. The Hall–Kier alpha value is -3.74. The maximum Gasteiger partial charge on any atom is 0.270 e. The molecule has 7 nitrogen and oxygen atoms in total. The van der Waals surface area contributed by atoms with E-state index < -0.39 is 0 Å². The van der Waals surface area contributed by atoms with Crippen LogP contribution in [0.3, 0.4) is 0 Å². The van der Waals surface area contributed by atoms with Crippen LogP contribution in [0.5, 0.6) is 17.2 Å². The van der Waals surface area contributed by atoms with E-state index in [1.807, 2.05) is 48.5 Å². The number of benzene rings is 2. The van der Waals surface area contributed by atoms with Crippen LogP contribution in [-0.4, -0.2) is 24.8 Å².